The van der Waals surface area contributed by atoms with Crippen LogP contribution in [0.3, 0.4) is 0 Å². The maximum Gasteiger partial charge on any atom is 0.335 e. The number of carbonyl (C=O) groups excluding carboxylic acids is 3. The predicted molar refractivity (Wildman–Crippen MR) is 149 cm³/mol. The summed E-state index contributed by atoms with van der Waals surface area (Å²) in [7, 11) is -1.38. The average Bonchev–Trinajstić information content (AvgIpc) is 2.86. The normalized spacial score (nSPS) is 12.1. The number of rotatable bonds is 15. The molecule has 1 unspecified atom stereocenters. The van der Waals surface area contributed by atoms with Crippen LogP contribution in [0.25, 0.3) is 0 Å². The van der Waals surface area contributed by atoms with Crippen LogP contribution >= 0.6 is 0 Å². The van der Waals surface area contributed by atoms with Crippen LogP contribution in [0.5, 0.6) is 5.75 Å². The number of carbonyl (C=O) groups is 4. The van der Waals surface area contributed by atoms with Crippen molar-refractivity contribution in [2.24, 2.45) is 11.8 Å². The van der Waals surface area contributed by atoms with E-state index in [4.69, 9.17) is 19.4 Å². The number of amides is 1. The average molecular weight is 558 g/mol. The molecular formula is C29H39NO8Si. The van der Waals surface area contributed by atoms with Gasteiger partial charge in [0.05, 0.1) is 30.6 Å². The number of hydrogen-bond donors (Lipinski definition) is 2. The highest BCUT2D eigenvalue weighted by atomic mass is 28.3. The van der Waals surface area contributed by atoms with Crippen molar-refractivity contribution in [1.29, 1.82) is 0 Å². The molecule has 2 aromatic rings. The molecule has 0 aliphatic carbocycles. The lowest BCUT2D eigenvalue weighted by Crippen LogP contribution is -2.28. The molecule has 0 aliphatic heterocycles. The number of carboxylic acids is 1. The highest BCUT2D eigenvalue weighted by Crippen LogP contribution is 2.19. The van der Waals surface area contributed by atoms with Gasteiger partial charge < -0.3 is 14.6 Å². The van der Waals surface area contributed by atoms with Crippen LogP contribution in [-0.2, 0) is 37.0 Å². The van der Waals surface area contributed by atoms with Crippen LogP contribution in [0.15, 0.2) is 48.5 Å². The molecule has 0 aliphatic rings. The minimum atomic E-state index is -1.38. The van der Waals surface area contributed by atoms with Crippen LogP contribution in [0.1, 0.15) is 48.2 Å². The van der Waals surface area contributed by atoms with Crippen molar-refractivity contribution in [3.63, 3.8) is 0 Å². The van der Waals surface area contributed by atoms with Gasteiger partial charge in [-0.05, 0) is 54.3 Å². The minimum Gasteiger partial charge on any atom is -0.478 e. The highest BCUT2D eigenvalue weighted by Gasteiger charge is 2.23. The van der Waals surface area contributed by atoms with E-state index < -0.39 is 20.0 Å². The van der Waals surface area contributed by atoms with Gasteiger partial charge in [0.25, 0.3) is 0 Å². The lowest BCUT2D eigenvalue weighted by atomic mass is 9.94. The third-order valence-electron chi connectivity index (χ3n) is 5.87. The van der Waals surface area contributed by atoms with E-state index in [0.717, 1.165) is 17.2 Å². The molecule has 0 heterocycles. The van der Waals surface area contributed by atoms with E-state index in [1.54, 1.807) is 50.2 Å². The molecule has 0 aromatic heterocycles. The first kappa shape index (κ1) is 31.7. The van der Waals surface area contributed by atoms with Crippen LogP contribution in [0.2, 0.25) is 25.7 Å². The topological polar surface area (TPSA) is 128 Å². The van der Waals surface area contributed by atoms with E-state index >= 15 is 0 Å². The third kappa shape index (κ3) is 12.3. The van der Waals surface area contributed by atoms with Crippen molar-refractivity contribution >= 4 is 31.9 Å². The van der Waals surface area contributed by atoms with Gasteiger partial charge in [0.2, 0.25) is 5.91 Å². The molecule has 10 heteroatoms. The molecule has 0 fully saturated rings. The largest absolute Gasteiger partial charge is 0.478 e. The predicted octanol–water partition coefficient (Wildman–Crippen LogP) is 5.01. The first-order chi connectivity index (χ1) is 18.3. The molecule has 0 radical (unpaired) electrons. The van der Waals surface area contributed by atoms with Gasteiger partial charge in [-0.2, -0.15) is 0 Å². The Hall–Kier alpha value is -3.50. The van der Waals surface area contributed by atoms with Crippen LogP contribution in [0, 0.1) is 11.8 Å². The van der Waals surface area contributed by atoms with Gasteiger partial charge in [-0.25, -0.2) is 10.3 Å². The fourth-order valence-corrected chi connectivity index (χ4v) is 4.11. The second-order valence-electron chi connectivity index (χ2n) is 11.0. The number of benzene rings is 2. The van der Waals surface area contributed by atoms with E-state index in [1.165, 1.54) is 12.1 Å². The maximum absolute atomic E-state index is 12.9. The fraction of sp³-hybridized carbons (Fsp3) is 0.448. The van der Waals surface area contributed by atoms with E-state index in [1.807, 2.05) is 0 Å². The molecule has 1 atom stereocenters. The maximum atomic E-state index is 12.9. The minimum absolute atomic E-state index is 0.0467. The van der Waals surface area contributed by atoms with E-state index in [2.05, 4.69) is 25.1 Å². The van der Waals surface area contributed by atoms with Crippen molar-refractivity contribution in [1.82, 2.24) is 5.48 Å². The fourth-order valence-electron chi connectivity index (χ4n) is 3.39. The molecule has 0 spiro atoms. The summed E-state index contributed by atoms with van der Waals surface area (Å²) < 4.78 is 10.8. The van der Waals surface area contributed by atoms with Gasteiger partial charge in [-0.3, -0.25) is 19.2 Å². The molecule has 39 heavy (non-hydrogen) atoms. The number of hydroxylamine groups is 1. The summed E-state index contributed by atoms with van der Waals surface area (Å²) >= 11 is 0. The Bertz CT molecular complexity index is 1110. The standard InChI is InChI=1S/C29H39NO8Si/c1-20(2)28(34)38-25-13-8-22(9-14-25)19-37-30-26(31)15-12-24(29(35)36-16-17-39(3,4)5)18-21-6-10-23(11-7-21)27(32)33/h6-11,13-14,20,24H,12,15-19H2,1-5H3,(H,30,31)(H,32,33). The van der Waals surface area contributed by atoms with Gasteiger partial charge in [-0.15, -0.1) is 0 Å². The number of ether oxygens (including phenoxy) is 2. The summed E-state index contributed by atoms with van der Waals surface area (Å²) in [4.78, 5) is 53.4. The first-order valence-electron chi connectivity index (χ1n) is 13.0. The summed E-state index contributed by atoms with van der Waals surface area (Å²) in [6.07, 6.45) is 0.621. The molecule has 1 amide bonds. The van der Waals surface area contributed by atoms with Gasteiger partial charge in [0.1, 0.15) is 5.75 Å². The van der Waals surface area contributed by atoms with Crippen molar-refractivity contribution in [3.8, 4) is 5.75 Å². The second kappa shape index (κ2) is 15.2. The number of carboxylic acid groups (broad SMARTS) is 1. The van der Waals surface area contributed by atoms with Crippen molar-refractivity contribution < 1.29 is 38.6 Å². The summed E-state index contributed by atoms with van der Waals surface area (Å²) in [5, 5.41) is 9.11. The SMILES string of the molecule is CC(C)C(=O)Oc1ccc(CONC(=O)CCC(Cc2ccc(C(=O)O)cc2)C(=O)OCC[Si](C)(C)C)cc1. The van der Waals surface area contributed by atoms with Crippen molar-refractivity contribution in [2.45, 2.75) is 65.4 Å². The van der Waals surface area contributed by atoms with E-state index in [0.29, 0.717) is 18.8 Å². The zero-order valence-electron chi connectivity index (χ0n) is 23.3. The Morgan fingerprint density at radius 2 is 1.51 bits per heavy atom. The van der Waals surface area contributed by atoms with E-state index in [9.17, 15) is 19.2 Å². The summed E-state index contributed by atoms with van der Waals surface area (Å²) in [5.74, 6) is -2.45. The van der Waals surface area contributed by atoms with Gasteiger partial charge in [-0.1, -0.05) is 57.8 Å². The van der Waals surface area contributed by atoms with Crippen LogP contribution in [-0.4, -0.2) is 43.6 Å². The molecule has 2 rings (SSSR count). The summed E-state index contributed by atoms with van der Waals surface area (Å²) in [6.45, 7) is 10.6. The second-order valence-corrected chi connectivity index (χ2v) is 16.6. The van der Waals surface area contributed by atoms with Crippen LogP contribution in [0.4, 0.5) is 0 Å². The lowest BCUT2D eigenvalue weighted by Gasteiger charge is -2.19. The van der Waals surface area contributed by atoms with Crippen LogP contribution < -0.4 is 10.2 Å². The van der Waals surface area contributed by atoms with Gasteiger partial charge in [0.15, 0.2) is 0 Å². The number of nitrogens with one attached hydrogen (secondary N) is 1. The first-order valence-corrected chi connectivity index (χ1v) is 16.7. The molecule has 0 saturated heterocycles. The molecule has 2 aromatic carbocycles. The molecule has 9 nitrogen and oxygen atoms in total. The van der Waals surface area contributed by atoms with Crippen molar-refractivity contribution in [2.75, 3.05) is 6.61 Å². The monoisotopic (exact) mass is 557 g/mol. The Morgan fingerprint density at radius 1 is 0.897 bits per heavy atom. The smallest absolute Gasteiger partial charge is 0.335 e. The lowest BCUT2D eigenvalue weighted by molar-refractivity contribution is -0.148. The number of aromatic carboxylic acids is 1. The Balaban J connectivity index is 1.88. The summed E-state index contributed by atoms with van der Waals surface area (Å²) in [6, 6.07) is 13.9. The van der Waals surface area contributed by atoms with Crippen molar-refractivity contribution in [3.05, 3.63) is 65.2 Å². The quantitative estimate of drug-likeness (QED) is 0.135. The van der Waals surface area contributed by atoms with E-state index in [-0.39, 0.29) is 48.8 Å². The highest BCUT2D eigenvalue weighted by molar-refractivity contribution is 6.76. The Kier molecular flexibility index (Phi) is 12.3. The molecule has 212 valence electrons. The van der Waals surface area contributed by atoms with Gasteiger partial charge in [0, 0.05) is 14.5 Å². The molecule has 0 saturated carbocycles. The Labute approximate surface area is 230 Å². The number of esters is 2. The Morgan fingerprint density at radius 3 is 2.08 bits per heavy atom. The molecular weight excluding hydrogens is 518 g/mol. The summed E-state index contributed by atoms with van der Waals surface area (Å²) in [5.41, 5.74) is 4.12. The van der Waals surface area contributed by atoms with Gasteiger partial charge >= 0.3 is 17.9 Å². The zero-order valence-corrected chi connectivity index (χ0v) is 24.3. The third-order valence-corrected chi connectivity index (χ3v) is 7.57. The zero-order chi connectivity index (χ0) is 29.0. The molecule has 0 bridgehead atoms. The number of hydrogen-bond acceptors (Lipinski definition) is 7. The molecule has 2 N–H and O–H groups in total.